The average Bonchev–Trinajstić information content (AvgIpc) is 3.81. The van der Waals surface area contributed by atoms with Gasteiger partial charge in [-0.05, 0) is 6.42 Å². The van der Waals surface area contributed by atoms with E-state index in [-0.39, 0.29) is 6.61 Å². The lowest BCUT2D eigenvalue weighted by molar-refractivity contribution is -0.268. The molecule has 0 aliphatic carbocycles. The molecule has 4 heterocycles. The summed E-state index contributed by atoms with van der Waals surface area (Å²) in [6, 6.07) is 0. The standard InChI is InChI=1S/C32H58O21/c1-2-3-4-5-6-7-8-46-29-21(42)18(39)26(51-29)14(10-34)48-31-23(44)20(41)28(53-31)16(12-36)49-32-24(45)19(40)27(52-32)15(11-35)47-30-22(43)17(38)25(50-30)13(37)9-33/h13-45H,2-12H2,1H3/t13-,14-,15-,16-,17-,18-,19-,20-,21-,22-,23-,24-,25+,26+,27+,28+,29-,30-,31-,32-/m1/s1. The van der Waals surface area contributed by atoms with Gasteiger partial charge in [-0.2, -0.15) is 0 Å². The molecule has 4 rings (SSSR count). The maximum atomic E-state index is 10.8. The molecule has 0 saturated carbocycles. The zero-order valence-corrected chi connectivity index (χ0v) is 29.4. The van der Waals surface area contributed by atoms with Gasteiger partial charge in [0.05, 0.1) is 26.4 Å². The van der Waals surface area contributed by atoms with Crippen molar-refractivity contribution < 1.29 is 104 Å². The first kappa shape index (κ1) is 44.9. The van der Waals surface area contributed by atoms with Crippen LogP contribution in [0.5, 0.6) is 0 Å². The molecule has 0 spiro atoms. The third-order valence-corrected chi connectivity index (χ3v) is 9.94. The Morgan fingerprint density at radius 3 is 1.17 bits per heavy atom. The second-order valence-corrected chi connectivity index (χ2v) is 13.8. The summed E-state index contributed by atoms with van der Waals surface area (Å²) >= 11 is 0. The van der Waals surface area contributed by atoms with Gasteiger partial charge in [0, 0.05) is 6.61 Å². The first-order chi connectivity index (χ1) is 25.3. The normalized spacial score (nSPS) is 42.7. The van der Waals surface area contributed by atoms with E-state index in [0.717, 1.165) is 32.1 Å². The highest BCUT2D eigenvalue weighted by Gasteiger charge is 2.55. The Balaban J connectivity index is 1.32. The maximum absolute atomic E-state index is 10.8. The zero-order valence-electron chi connectivity index (χ0n) is 29.4. The molecule has 20 atom stereocenters. The van der Waals surface area contributed by atoms with Crippen LogP contribution in [-0.4, -0.2) is 222 Å². The summed E-state index contributed by atoms with van der Waals surface area (Å²) in [6.07, 6.45) is -26.1. The molecule has 0 bridgehead atoms. The van der Waals surface area contributed by atoms with Crippen molar-refractivity contribution in [1.82, 2.24) is 0 Å². The van der Waals surface area contributed by atoms with E-state index in [9.17, 15) is 66.4 Å². The van der Waals surface area contributed by atoms with E-state index in [0.29, 0.717) is 6.42 Å². The molecule has 0 unspecified atom stereocenters. The number of unbranched alkanes of at least 4 members (excludes halogenated alkanes) is 5. The van der Waals surface area contributed by atoms with Crippen molar-refractivity contribution in [3.8, 4) is 0 Å². The van der Waals surface area contributed by atoms with E-state index in [4.69, 9.17) is 37.9 Å². The van der Waals surface area contributed by atoms with Crippen molar-refractivity contribution in [3.05, 3.63) is 0 Å². The largest absolute Gasteiger partial charge is 0.394 e. The van der Waals surface area contributed by atoms with Crippen molar-refractivity contribution in [2.45, 2.75) is 168 Å². The van der Waals surface area contributed by atoms with Crippen LogP contribution in [0.15, 0.2) is 0 Å². The molecule has 13 N–H and O–H groups in total. The Morgan fingerprint density at radius 2 is 0.774 bits per heavy atom. The molecule has 53 heavy (non-hydrogen) atoms. The average molecular weight is 779 g/mol. The van der Waals surface area contributed by atoms with Gasteiger partial charge in [-0.3, -0.25) is 0 Å². The summed E-state index contributed by atoms with van der Waals surface area (Å²) in [4.78, 5) is 0. The molecule has 21 nitrogen and oxygen atoms in total. The Morgan fingerprint density at radius 1 is 0.434 bits per heavy atom. The summed E-state index contributed by atoms with van der Waals surface area (Å²) in [5.74, 6) is 0. The topological polar surface area (TPSA) is 337 Å². The Labute approximate surface area is 305 Å². The fraction of sp³-hybridized carbons (Fsp3) is 1.00. The van der Waals surface area contributed by atoms with Crippen molar-refractivity contribution >= 4 is 0 Å². The first-order valence-electron chi connectivity index (χ1n) is 18.1. The highest BCUT2D eigenvalue weighted by Crippen LogP contribution is 2.34. The lowest BCUT2D eigenvalue weighted by Crippen LogP contribution is -2.46. The van der Waals surface area contributed by atoms with Gasteiger partial charge in [0.15, 0.2) is 25.2 Å². The molecule has 4 aliphatic rings. The van der Waals surface area contributed by atoms with Crippen molar-refractivity contribution in [1.29, 1.82) is 0 Å². The molecule has 0 amide bonds. The van der Waals surface area contributed by atoms with Crippen LogP contribution in [-0.2, 0) is 37.9 Å². The molecular weight excluding hydrogens is 720 g/mol. The molecule has 312 valence electrons. The molecule has 4 saturated heterocycles. The monoisotopic (exact) mass is 778 g/mol. The second kappa shape index (κ2) is 21.1. The fourth-order valence-corrected chi connectivity index (χ4v) is 6.78. The van der Waals surface area contributed by atoms with Crippen LogP contribution < -0.4 is 0 Å². The van der Waals surface area contributed by atoms with Gasteiger partial charge in [0.2, 0.25) is 0 Å². The maximum Gasteiger partial charge on any atom is 0.187 e. The summed E-state index contributed by atoms with van der Waals surface area (Å²) in [5.41, 5.74) is 0. The van der Waals surface area contributed by atoms with Gasteiger partial charge in [0.1, 0.15) is 97.7 Å². The van der Waals surface area contributed by atoms with E-state index in [1.165, 1.54) is 0 Å². The van der Waals surface area contributed by atoms with Crippen molar-refractivity contribution in [2.24, 2.45) is 0 Å². The number of aliphatic hydroxyl groups excluding tert-OH is 13. The smallest absolute Gasteiger partial charge is 0.187 e. The SMILES string of the molecule is CCCCCCCCO[C@@H]1O[C@@H]([C@@H](CO)O[C@@H]2O[C@@H]([C@@H](CO)O[C@@H]3O[C@@H]([C@@H](CO)O[C@@H]4O[C@@H]([C@H](O)CO)[C@H](O)[C@H]4O)[C@H](O)[C@H]3O)[C@H](O)[C@H]2O)[C@H](O)[C@H]1O. The summed E-state index contributed by atoms with van der Waals surface area (Å²) in [5, 5.41) is 134. The van der Waals surface area contributed by atoms with Crippen LogP contribution in [0, 0.1) is 0 Å². The van der Waals surface area contributed by atoms with Gasteiger partial charge < -0.3 is 104 Å². The first-order valence-corrected chi connectivity index (χ1v) is 18.1. The minimum absolute atomic E-state index is 0.253. The molecule has 0 aromatic rings. The molecule has 0 aromatic carbocycles. The predicted octanol–water partition coefficient (Wildman–Crippen LogP) is -6.36. The Hall–Kier alpha value is -0.840. The minimum Gasteiger partial charge on any atom is -0.394 e. The third kappa shape index (κ3) is 10.6. The highest BCUT2D eigenvalue weighted by molar-refractivity contribution is 4.98. The zero-order chi connectivity index (χ0) is 39.0. The number of hydrogen-bond donors (Lipinski definition) is 13. The van der Waals surface area contributed by atoms with Crippen LogP contribution in [0.25, 0.3) is 0 Å². The van der Waals surface area contributed by atoms with E-state index < -0.39 is 149 Å². The lowest BCUT2D eigenvalue weighted by atomic mass is 10.0. The third-order valence-electron chi connectivity index (χ3n) is 9.94. The number of rotatable bonds is 22. The van der Waals surface area contributed by atoms with Crippen LogP contribution in [0.4, 0.5) is 0 Å². The van der Waals surface area contributed by atoms with Crippen LogP contribution in [0.1, 0.15) is 45.4 Å². The van der Waals surface area contributed by atoms with E-state index in [2.05, 4.69) is 6.92 Å². The second-order valence-electron chi connectivity index (χ2n) is 13.8. The molecule has 21 heteroatoms. The minimum atomic E-state index is -1.85. The van der Waals surface area contributed by atoms with Crippen LogP contribution in [0.3, 0.4) is 0 Å². The van der Waals surface area contributed by atoms with Gasteiger partial charge >= 0.3 is 0 Å². The number of ether oxygens (including phenoxy) is 8. The molecule has 4 aliphatic heterocycles. The number of aliphatic hydroxyl groups is 13. The summed E-state index contributed by atoms with van der Waals surface area (Å²) < 4.78 is 44.5. The molecule has 0 aromatic heterocycles. The Kier molecular flexibility index (Phi) is 17.8. The van der Waals surface area contributed by atoms with Crippen LogP contribution in [0.2, 0.25) is 0 Å². The van der Waals surface area contributed by atoms with E-state index in [1.807, 2.05) is 0 Å². The van der Waals surface area contributed by atoms with Gasteiger partial charge in [-0.25, -0.2) is 0 Å². The van der Waals surface area contributed by atoms with Crippen molar-refractivity contribution in [3.63, 3.8) is 0 Å². The fourth-order valence-electron chi connectivity index (χ4n) is 6.78. The van der Waals surface area contributed by atoms with Gasteiger partial charge in [0.25, 0.3) is 0 Å². The van der Waals surface area contributed by atoms with E-state index in [1.54, 1.807) is 0 Å². The summed E-state index contributed by atoms with van der Waals surface area (Å²) in [6.45, 7) is -1.02. The van der Waals surface area contributed by atoms with Gasteiger partial charge in [-0.15, -0.1) is 0 Å². The Bertz CT molecular complexity index is 1050. The number of hydrogen-bond acceptors (Lipinski definition) is 21. The van der Waals surface area contributed by atoms with Crippen LogP contribution >= 0.6 is 0 Å². The van der Waals surface area contributed by atoms with Gasteiger partial charge in [-0.1, -0.05) is 39.0 Å². The molecule has 4 fully saturated rings. The highest BCUT2D eigenvalue weighted by atomic mass is 16.8. The molecule has 0 radical (unpaired) electrons. The van der Waals surface area contributed by atoms with Crippen molar-refractivity contribution in [2.75, 3.05) is 33.0 Å². The quantitative estimate of drug-likeness (QED) is 0.0455. The summed E-state index contributed by atoms with van der Waals surface area (Å²) in [7, 11) is 0. The molecular formula is C32H58O21. The lowest BCUT2D eigenvalue weighted by Gasteiger charge is -2.29. The van der Waals surface area contributed by atoms with E-state index >= 15 is 0 Å². The predicted molar refractivity (Wildman–Crippen MR) is 171 cm³/mol.